The van der Waals surface area contributed by atoms with Gasteiger partial charge >= 0.3 is 0 Å². The standard InChI is InChI=1S/C13H27NO/c1-8(2)12-10(5)13(9(3)4)15-11(6)14(12)7/h8-13H,1-7H3/t10-,11?,12-,13-/m0/s1. The Morgan fingerprint density at radius 3 is 1.93 bits per heavy atom. The molecule has 0 aromatic rings. The first-order chi connectivity index (χ1) is 6.86. The van der Waals surface area contributed by atoms with Crippen LogP contribution in [-0.4, -0.2) is 30.3 Å². The Kier molecular flexibility index (Phi) is 4.19. The van der Waals surface area contributed by atoms with Crippen molar-refractivity contribution in [2.75, 3.05) is 7.05 Å². The molecule has 2 nitrogen and oxygen atoms in total. The third-order valence-corrected chi connectivity index (χ3v) is 3.79. The first-order valence-electron chi connectivity index (χ1n) is 6.23. The summed E-state index contributed by atoms with van der Waals surface area (Å²) in [4.78, 5) is 2.38. The molecule has 0 saturated carbocycles. The van der Waals surface area contributed by atoms with Gasteiger partial charge in [-0.2, -0.15) is 0 Å². The monoisotopic (exact) mass is 213 g/mol. The van der Waals surface area contributed by atoms with Crippen LogP contribution < -0.4 is 0 Å². The summed E-state index contributed by atoms with van der Waals surface area (Å²) >= 11 is 0. The van der Waals surface area contributed by atoms with Crippen LogP contribution in [0.1, 0.15) is 41.5 Å². The van der Waals surface area contributed by atoms with Crippen molar-refractivity contribution in [2.24, 2.45) is 17.8 Å². The quantitative estimate of drug-likeness (QED) is 0.699. The fourth-order valence-electron chi connectivity index (χ4n) is 3.10. The second-order valence-electron chi connectivity index (χ2n) is 5.70. The second kappa shape index (κ2) is 4.84. The molecule has 1 fully saturated rings. The average molecular weight is 213 g/mol. The van der Waals surface area contributed by atoms with Gasteiger partial charge in [0, 0.05) is 6.04 Å². The minimum atomic E-state index is 0.251. The topological polar surface area (TPSA) is 12.5 Å². The summed E-state index contributed by atoms with van der Waals surface area (Å²) < 4.78 is 6.08. The van der Waals surface area contributed by atoms with Crippen LogP contribution >= 0.6 is 0 Å². The van der Waals surface area contributed by atoms with Crippen LogP contribution in [0.5, 0.6) is 0 Å². The lowest BCUT2D eigenvalue weighted by Gasteiger charge is -2.49. The van der Waals surface area contributed by atoms with Crippen molar-refractivity contribution in [3.05, 3.63) is 0 Å². The number of nitrogens with zero attached hydrogens (tertiary/aromatic N) is 1. The first kappa shape index (κ1) is 13.0. The van der Waals surface area contributed by atoms with E-state index in [0.29, 0.717) is 29.9 Å². The Morgan fingerprint density at radius 2 is 1.53 bits per heavy atom. The van der Waals surface area contributed by atoms with Crippen molar-refractivity contribution >= 4 is 0 Å². The molecule has 0 aliphatic carbocycles. The Morgan fingerprint density at radius 1 is 1.00 bits per heavy atom. The fourth-order valence-corrected chi connectivity index (χ4v) is 3.10. The Balaban J connectivity index is 2.84. The highest BCUT2D eigenvalue weighted by atomic mass is 16.5. The molecule has 0 radical (unpaired) electrons. The molecule has 1 heterocycles. The zero-order valence-electron chi connectivity index (χ0n) is 11.3. The minimum absolute atomic E-state index is 0.251. The Labute approximate surface area is 95.0 Å². The Hall–Kier alpha value is -0.0800. The van der Waals surface area contributed by atoms with E-state index in [-0.39, 0.29) is 6.23 Å². The lowest BCUT2D eigenvalue weighted by Crippen LogP contribution is -2.57. The molecule has 0 amide bonds. The third-order valence-electron chi connectivity index (χ3n) is 3.79. The summed E-state index contributed by atoms with van der Waals surface area (Å²) in [5.74, 6) is 1.92. The fraction of sp³-hybridized carbons (Fsp3) is 1.00. The lowest BCUT2D eigenvalue weighted by molar-refractivity contribution is -0.193. The smallest absolute Gasteiger partial charge is 0.108 e. The van der Waals surface area contributed by atoms with Crippen molar-refractivity contribution in [3.63, 3.8) is 0 Å². The molecule has 1 saturated heterocycles. The van der Waals surface area contributed by atoms with E-state index in [1.165, 1.54) is 0 Å². The van der Waals surface area contributed by atoms with Crippen LogP contribution in [0.2, 0.25) is 0 Å². The van der Waals surface area contributed by atoms with Crippen molar-refractivity contribution < 1.29 is 4.74 Å². The second-order valence-corrected chi connectivity index (χ2v) is 5.70. The molecule has 1 rings (SSSR count). The predicted molar refractivity (Wildman–Crippen MR) is 64.7 cm³/mol. The lowest BCUT2D eigenvalue weighted by atomic mass is 9.81. The molecule has 0 spiro atoms. The Bertz CT molecular complexity index is 203. The van der Waals surface area contributed by atoms with Crippen LogP contribution in [0, 0.1) is 17.8 Å². The largest absolute Gasteiger partial charge is 0.360 e. The summed E-state index contributed by atoms with van der Waals surface area (Å²) in [7, 11) is 2.18. The van der Waals surface area contributed by atoms with Crippen molar-refractivity contribution in [3.8, 4) is 0 Å². The maximum atomic E-state index is 6.08. The van der Waals surface area contributed by atoms with Gasteiger partial charge in [-0.05, 0) is 31.7 Å². The van der Waals surface area contributed by atoms with Gasteiger partial charge in [-0.1, -0.05) is 34.6 Å². The molecular weight excluding hydrogens is 186 g/mol. The summed E-state index contributed by atoms with van der Waals surface area (Å²) in [6, 6.07) is 0.640. The summed E-state index contributed by atoms with van der Waals surface area (Å²) in [6.07, 6.45) is 0.657. The molecule has 1 aliphatic heterocycles. The zero-order valence-corrected chi connectivity index (χ0v) is 11.3. The maximum absolute atomic E-state index is 6.08. The SMILES string of the molecule is CC(C)[C@@H]1OC(C)N(C)[C@@H](C(C)C)[C@@H]1C. The molecule has 4 atom stereocenters. The summed E-state index contributed by atoms with van der Waals surface area (Å²) in [5, 5.41) is 0. The highest BCUT2D eigenvalue weighted by molar-refractivity contribution is 4.89. The van der Waals surface area contributed by atoms with Gasteiger partial charge in [-0.25, -0.2) is 0 Å². The predicted octanol–water partition coefficient (Wildman–Crippen LogP) is 2.98. The van der Waals surface area contributed by atoms with Gasteiger partial charge in [0.1, 0.15) is 6.23 Å². The van der Waals surface area contributed by atoms with Crippen LogP contribution in [0.15, 0.2) is 0 Å². The van der Waals surface area contributed by atoms with Gasteiger partial charge in [-0.3, -0.25) is 4.90 Å². The van der Waals surface area contributed by atoms with E-state index in [1.54, 1.807) is 0 Å². The number of hydrogen-bond donors (Lipinski definition) is 0. The first-order valence-corrected chi connectivity index (χ1v) is 6.23. The van der Waals surface area contributed by atoms with Crippen molar-refractivity contribution in [1.29, 1.82) is 0 Å². The van der Waals surface area contributed by atoms with Gasteiger partial charge in [0.2, 0.25) is 0 Å². The van der Waals surface area contributed by atoms with E-state index in [2.05, 4.69) is 53.5 Å². The third kappa shape index (κ3) is 2.54. The number of rotatable bonds is 2. The van der Waals surface area contributed by atoms with Gasteiger partial charge in [-0.15, -0.1) is 0 Å². The normalized spacial score (nSPS) is 39.0. The van der Waals surface area contributed by atoms with E-state index in [0.717, 1.165) is 0 Å². The molecule has 90 valence electrons. The number of hydrogen-bond acceptors (Lipinski definition) is 2. The zero-order chi connectivity index (χ0) is 11.7. The molecule has 0 N–H and O–H groups in total. The maximum Gasteiger partial charge on any atom is 0.108 e. The molecule has 0 aromatic heterocycles. The molecular formula is C13H27NO. The minimum Gasteiger partial charge on any atom is -0.360 e. The van der Waals surface area contributed by atoms with Gasteiger partial charge in [0.05, 0.1) is 6.10 Å². The van der Waals surface area contributed by atoms with E-state index >= 15 is 0 Å². The van der Waals surface area contributed by atoms with E-state index in [9.17, 15) is 0 Å². The number of ether oxygens (including phenoxy) is 1. The van der Waals surface area contributed by atoms with Crippen molar-refractivity contribution in [2.45, 2.75) is 59.9 Å². The van der Waals surface area contributed by atoms with Crippen LogP contribution in [-0.2, 0) is 4.74 Å². The summed E-state index contributed by atoms with van der Waals surface area (Å²) in [6.45, 7) is 13.6. The van der Waals surface area contributed by atoms with E-state index in [4.69, 9.17) is 4.74 Å². The highest BCUT2D eigenvalue weighted by Gasteiger charge is 2.40. The molecule has 0 bridgehead atoms. The highest BCUT2D eigenvalue weighted by Crippen LogP contribution is 2.33. The average Bonchev–Trinajstić information content (AvgIpc) is 2.10. The van der Waals surface area contributed by atoms with Crippen LogP contribution in [0.25, 0.3) is 0 Å². The van der Waals surface area contributed by atoms with Crippen LogP contribution in [0.3, 0.4) is 0 Å². The molecule has 15 heavy (non-hydrogen) atoms. The van der Waals surface area contributed by atoms with Gasteiger partial charge in [0.25, 0.3) is 0 Å². The van der Waals surface area contributed by atoms with E-state index in [1.807, 2.05) is 0 Å². The molecule has 1 unspecified atom stereocenters. The van der Waals surface area contributed by atoms with Crippen LogP contribution in [0.4, 0.5) is 0 Å². The molecule has 1 aliphatic rings. The van der Waals surface area contributed by atoms with Gasteiger partial charge < -0.3 is 4.74 Å². The van der Waals surface area contributed by atoms with E-state index < -0.39 is 0 Å². The van der Waals surface area contributed by atoms with Gasteiger partial charge in [0.15, 0.2) is 0 Å². The molecule has 0 aromatic carbocycles. The van der Waals surface area contributed by atoms with Crippen molar-refractivity contribution in [1.82, 2.24) is 4.90 Å². The molecule has 2 heteroatoms. The summed E-state index contributed by atoms with van der Waals surface area (Å²) in [5.41, 5.74) is 0.